The van der Waals surface area contributed by atoms with E-state index in [1.165, 1.54) is 30.3 Å². The number of nitrogens with one attached hydrogen (secondary N) is 1. The highest BCUT2D eigenvalue weighted by molar-refractivity contribution is 7.90. The first-order valence-corrected chi connectivity index (χ1v) is 10.7. The summed E-state index contributed by atoms with van der Waals surface area (Å²) >= 11 is 0. The molecule has 0 radical (unpaired) electrons. The minimum atomic E-state index is -4.15. The van der Waals surface area contributed by atoms with E-state index in [2.05, 4.69) is 9.71 Å². The van der Waals surface area contributed by atoms with Gasteiger partial charge in [0.05, 0.1) is 21.9 Å². The molecule has 31 heavy (non-hydrogen) atoms. The lowest BCUT2D eigenvalue weighted by molar-refractivity contribution is 0.0696. The van der Waals surface area contributed by atoms with Gasteiger partial charge in [-0.05, 0) is 42.5 Å². The summed E-state index contributed by atoms with van der Waals surface area (Å²) < 4.78 is 29.7. The maximum atomic E-state index is 12.9. The molecule has 4 rings (SSSR count). The van der Waals surface area contributed by atoms with Gasteiger partial charge in [-0.2, -0.15) is 12.8 Å². The molecule has 0 saturated heterocycles. The number of Topliss-reactive ketones (excluding diaryl/α,β-unsaturated/α-hetero) is 1. The number of carboxylic acid groups (broad SMARTS) is 1. The Bertz CT molecular complexity index is 1340. The van der Waals surface area contributed by atoms with Gasteiger partial charge in [-0.1, -0.05) is 42.5 Å². The van der Waals surface area contributed by atoms with Crippen LogP contribution in [0.3, 0.4) is 0 Å². The Morgan fingerprint density at radius 1 is 0.839 bits per heavy atom. The van der Waals surface area contributed by atoms with Gasteiger partial charge in [-0.25, -0.2) is 4.79 Å². The molecular formula is C23H16N2O5S. The predicted molar refractivity (Wildman–Crippen MR) is 116 cm³/mol. The Balaban J connectivity index is 1.79. The molecule has 1 aliphatic rings. The second-order valence-corrected chi connectivity index (χ2v) is 8.31. The third kappa shape index (κ3) is 4.15. The lowest BCUT2D eigenvalue weighted by atomic mass is 9.92. The molecule has 0 amide bonds. The van der Waals surface area contributed by atoms with Crippen LogP contribution < -0.4 is 5.32 Å². The van der Waals surface area contributed by atoms with Crippen molar-refractivity contribution in [3.8, 4) is 0 Å². The highest BCUT2D eigenvalue weighted by Gasteiger charge is 2.26. The third-order valence-corrected chi connectivity index (χ3v) is 5.95. The minimum absolute atomic E-state index is 0.0329. The smallest absolute Gasteiger partial charge is 0.335 e. The van der Waals surface area contributed by atoms with Crippen molar-refractivity contribution in [1.82, 2.24) is 0 Å². The number of rotatable bonds is 5. The quantitative estimate of drug-likeness (QED) is 0.635. The maximum absolute atomic E-state index is 12.9. The molecule has 0 saturated carbocycles. The van der Waals surface area contributed by atoms with Crippen LogP contribution in [0.2, 0.25) is 0 Å². The highest BCUT2D eigenvalue weighted by Crippen LogP contribution is 2.25. The average Bonchev–Trinajstić information content (AvgIpc) is 2.77. The fourth-order valence-electron chi connectivity index (χ4n) is 3.13. The second kappa shape index (κ2) is 8.00. The van der Waals surface area contributed by atoms with Crippen molar-refractivity contribution in [2.24, 2.45) is 4.40 Å². The van der Waals surface area contributed by atoms with Crippen LogP contribution in [0.25, 0.3) is 0 Å². The summed E-state index contributed by atoms with van der Waals surface area (Å²) in [6.07, 6.45) is 1.40. The first kappa shape index (κ1) is 20.2. The summed E-state index contributed by atoms with van der Waals surface area (Å²) in [5.74, 6) is -1.43. The molecule has 8 heteroatoms. The van der Waals surface area contributed by atoms with E-state index in [9.17, 15) is 18.0 Å². The van der Waals surface area contributed by atoms with Crippen LogP contribution in [0, 0.1) is 0 Å². The van der Waals surface area contributed by atoms with Crippen LogP contribution in [0.1, 0.15) is 26.3 Å². The van der Waals surface area contributed by atoms with E-state index in [1.807, 2.05) is 18.2 Å². The summed E-state index contributed by atoms with van der Waals surface area (Å²) in [7, 11) is -4.15. The Kier molecular flexibility index (Phi) is 5.22. The standard InChI is InChI=1S/C23H16N2O5S/c26-22-19-9-5-4-8-18(19)20(14-21(22)24-16-6-2-1-3-7-16)25-31(29,30)17-12-10-15(11-13-17)23(27)28/h1-14,24H,(H,27,28). The zero-order chi connectivity index (χ0) is 22.0. The number of para-hydroxylation sites is 1. The van der Waals surface area contributed by atoms with Gasteiger partial charge in [-0.3, -0.25) is 4.79 Å². The van der Waals surface area contributed by atoms with E-state index in [4.69, 9.17) is 5.11 Å². The number of carbonyl (C=O) groups excluding carboxylic acids is 1. The number of anilines is 1. The van der Waals surface area contributed by atoms with Gasteiger partial charge in [0.25, 0.3) is 10.0 Å². The fourth-order valence-corrected chi connectivity index (χ4v) is 4.12. The molecule has 7 nitrogen and oxygen atoms in total. The molecule has 3 aromatic rings. The molecule has 154 valence electrons. The summed E-state index contributed by atoms with van der Waals surface area (Å²) in [6, 6.07) is 20.4. The van der Waals surface area contributed by atoms with Crippen LogP contribution in [-0.2, 0) is 10.0 Å². The van der Waals surface area contributed by atoms with Gasteiger partial charge in [-0.15, -0.1) is 0 Å². The average molecular weight is 432 g/mol. The number of sulfonamides is 1. The van der Waals surface area contributed by atoms with E-state index < -0.39 is 16.0 Å². The molecule has 0 unspecified atom stereocenters. The minimum Gasteiger partial charge on any atom is -0.478 e. The zero-order valence-electron chi connectivity index (χ0n) is 16.0. The van der Waals surface area contributed by atoms with Crippen LogP contribution in [-0.4, -0.2) is 31.0 Å². The Morgan fingerprint density at radius 2 is 1.45 bits per heavy atom. The molecule has 0 fully saturated rings. The van der Waals surface area contributed by atoms with E-state index in [1.54, 1.807) is 36.4 Å². The zero-order valence-corrected chi connectivity index (χ0v) is 16.8. The number of fused-ring (bicyclic) bond motifs is 1. The number of aromatic carboxylic acids is 1. The molecule has 3 aromatic carbocycles. The van der Waals surface area contributed by atoms with Crippen molar-refractivity contribution in [2.75, 3.05) is 5.32 Å². The summed E-state index contributed by atoms with van der Waals surface area (Å²) in [6.45, 7) is 0. The number of benzene rings is 3. The van der Waals surface area contributed by atoms with E-state index >= 15 is 0 Å². The topological polar surface area (TPSA) is 113 Å². The molecule has 0 heterocycles. The summed E-state index contributed by atoms with van der Waals surface area (Å²) in [5, 5.41) is 12.0. The lowest BCUT2D eigenvalue weighted by Crippen LogP contribution is -2.22. The number of carbonyl (C=O) groups is 2. The number of ketones is 1. The summed E-state index contributed by atoms with van der Waals surface area (Å²) in [4.78, 5) is 23.8. The number of carboxylic acids is 1. The first-order chi connectivity index (χ1) is 14.8. The third-order valence-electron chi connectivity index (χ3n) is 4.64. The van der Waals surface area contributed by atoms with Crippen molar-refractivity contribution >= 4 is 33.2 Å². The van der Waals surface area contributed by atoms with Crippen LogP contribution >= 0.6 is 0 Å². The molecule has 0 spiro atoms. The van der Waals surface area contributed by atoms with Gasteiger partial charge >= 0.3 is 5.97 Å². The molecule has 0 bridgehead atoms. The lowest BCUT2D eigenvalue weighted by Gasteiger charge is -2.18. The van der Waals surface area contributed by atoms with E-state index in [-0.39, 0.29) is 27.7 Å². The van der Waals surface area contributed by atoms with Crippen molar-refractivity contribution in [3.05, 3.63) is 107 Å². The Morgan fingerprint density at radius 3 is 2.10 bits per heavy atom. The molecule has 2 N–H and O–H groups in total. The van der Waals surface area contributed by atoms with Crippen LogP contribution in [0.5, 0.6) is 0 Å². The van der Waals surface area contributed by atoms with E-state index in [0.29, 0.717) is 16.8 Å². The van der Waals surface area contributed by atoms with Crippen molar-refractivity contribution in [1.29, 1.82) is 0 Å². The van der Waals surface area contributed by atoms with Gasteiger partial charge in [0.15, 0.2) is 0 Å². The van der Waals surface area contributed by atoms with Gasteiger partial charge in [0, 0.05) is 16.8 Å². The van der Waals surface area contributed by atoms with E-state index in [0.717, 1.165) is 0 Å². The molecular weight excluding hydrogens is 416 g/mol. The van der Waals surface area contributed by atoms with Crippen molar-refractivity contribution in [3.63, 3.8) is 0 Å². The number of nitrogens with zero attached hydrogens (tertiary/aromatic N) is 1. The van der Waals surface area contributed by atoms with Crippen LogP contribution in [0.15, 0.2) is 99.9 Å². The monoisotopic (exact) mass is 432 g/mol. The van der Waals surface area contributed by atoms with Gasteiger partial charge in [0.1, 0.15) is 0 Å². The first-order valence-electron chi connectivity index (χ1n) is 9.21. The SMILES string of the molecule is O=C(O)c1ccc(S(=O)(=O)N=C2C=C(Nc3ccccc3)C(=O)c3ccccc32)cc1. The van der Waals surface area contributed by atoms with Gasteiger partial charge in [0.2, 0.25) is 5.78 Å². The summed E-state index contributed by atoms with van der Waals surface area (Å²) in [5.41, 5.74) is 1.67. The number of hydrogen-bond donors (Lipinski definition) is 2. The number of hydrogen-bond acceptors (Lipinski definition) is 5. The highest BCUT2D eigenvalue weighted by atomic mass is 32.2. The normalized spacial score (nSPS) is 14.6. The molecule has 1 aliphatic carbocycles. The Labute approximate surface area is 178 Å². The van der Waals surface area contributed by atoms with Crippen LogP contribution in [0.4, 0.5) is 5.69 Å². The molecule has 0 atom stereocenters. The Hall–Kier alpha value is -4.04. The fraction of sp³-hybridized carbons (Fsp3) is 0. The maximum Gasteiger partial charge on any atom is 0.335 e. The van der Waals surface area contributed by atoms with Gasteiger partial charge < -0.3 is 10.4 Å². The second-order valence-electron chi connectivity index (χ2n) is 6.70. The van der Waals surface area contributed by atoms with Crippen molar-refractivity contribution < 1.29 is 23.1 Å². The predicted octanol–water partition coefficient (Wildman–Crippen LogP) is 3.76. The molecule has 0 aromatic heterocycles. The number of allylic oxidation sites excluding steroid dienone is 2. The van der Waals surface area contributed by atoms with Crippen molar-refractivity contribution in [2.45, 2.75) is 4.90 Å². The largest absolute Gasteiger partial charge is 0.478 e. The molecule has 0 aliphatic heterocycles.